The molecular weight excluding hydrogens is 564 g/mol. The molecule has 0 unspecified atom stereocenters. The second-order valence-electron chi connectivity index (χ2n) is 12.4. The third kappa shape index (κ3) is 6.42. The number of pyridine rings is 1. The first-order valence-electron chi connectivity index (χ1n) is 14.7. The Morgan fingerprint density at radius 2 is 1.88 bits per heavy atom. The first kappa shape index (κ1) is 29.2. The number of esters is 1. The van der Waals surface area contributed by atoms with Crippen LogP contribution in [0, 0.1) is 10.6 Å². The van der Waals surface area contributed by atoms with Crippen LogP contribution in [0.2, 0.25) is 5.02 Å². The van der Waals surface area contributed by atoms with Gasteiger partial charge in [0.2, 0.25) is 0 Å². The molecule has 1 fully saturated rings. The van der Waals surface area contributed by atoms with Crippen LogP contribution in [0.5, 0.6) is 11.5 Å². The molecule has 224 valence electrons. The molecule has 2 aromatic carbocycles. The fourth-order valence-electron chi connectivity index (χ4n) is 6.23. The van der Waals surface area contributed by atoms with E-state index in [1.54, 1.807) is 12.3 Å². The van der Waals surface area contributed by atoms with Crippen molar-refractivity contribution in [2.24, 2.45) is 5.41 Å². The maximum atomic E-state index is 14.1. The standard InChI is InChI=1S/C34H37ClN4O4/c1-34(2)12-10-25(30(20-34)23-4-6-26(35)7-5-23)22-39(41)16-14-38(15-17-39)27-8-9-29(33(40)42-3)31(19-27)43-28-18-24-11-13-36-32(24)37-21-28/h4-9,11,13,18-19,21H,10,12,14-17,20,22H2,1-3H3,(H,36,37). The van der Waals surface area contributed by atoms with E-state index in [1.807, 2.05) is 42.6 Å². The Morgan fingerprint density at radius 1 is 1.12 bits per heavy atom. The zero-order valence-electron chi connectivity index (χ0n) is 24.9. The Kier molecular flexibility index (Phi) is 7.94. The average molecular weight is 601 g/mol. The molecule has 1 saturated heterocycles. The summed E-state index contributed by atoms with van der Waals surface area (Å²) in [6.45, 7) is 7.27. The van der Waals surface area contributed by atoms with Crippen molar-refractivity contribution < 1.29 is 18.9 Å². The van der Waals surface area contributed by atoms with Crippen molar-refractivity contribution in [3.8, 4) is 11.5 Å². The Balaban J connectivity index is 1.20. The minimum Gasteiger partial charge on any atom is -0.632 e. The number of fused-ring (bicyclic) bond motifs is 1. The normalized spacial score (nSPS) is 18.1. The lowest BCUT2D eigenvalue weighted by Gasteiger charge is -2.50. The quantitative estimate of drug-likeness (QED) is 0.133. The Hall–Kier alpha value is -3.85. The van der Waals surface area contributed by atoms with E-state index in [-0.39, 0.29) is 10.1 Å². The molecule has 4 aromatic rings. The van der Waals surface area contributed by atoms with Gasteiger partial charge in [-0.25, -0.2) is 9.78 Å². The number of hydrogen-bond donors (Lipinski definition) is 1. The van der Waals surface area contributed by atoms with Crippen molar-refractivity contribution >= 4 is 39.9 Å². The lowest BCUT2D eigenvalue weighted by Crippen LogP contribution is -2.57. The summed E-state index contributed by atoms with van der Waals surface area (Å²) in [6, 6.07) is 17.3. The number of hydrogen-bond acceptors (Lipinski definition) is 6. The number of benzene rings is 2. The van der Waals surface area contributed by atoms with Gasteiger partial charge in [0.05, 0.1) is 39.5 Å². The number of allylic oxidation sites excluding steroid dienone is 1. The minimum atomic E-state index is -0.480. The van der Waals surface area contributed by atoms with Crippen LogP contribution in [0.4, 0.5) is 5.69 Å². The molecule has 0 spiro atoms. The number of nitrogens with one attached hydrogen (secondary N) is 1. The molecule has 1 aliphatic carbocycles. The SMILES string of the molecule is COC(=O)c1ccc(N2CC[N+]([O-])(CC3=C(c4ccc(Cl)cc4)CC(C)(C)CC3)CC2)cc1Oc1cnc2[nH]ccc2c1. The zero-order chi connectivity index (χ0) is 30.2. The largest absolute Gasteiger partial charge is 0.632 e. The van der Waals surface area contributed by atoms with Crippen molar-refractivity contribution in [3.05, 3.63) is 93.9 Å². The van der Waals surface area contributed by atoms with Gasteiger partial charge in [0.1, 0.15) is 29.3 Å². The summed E-state index contributed by atoms with van der Waals surface area (Å²) in [4.78, 5) is 22.2. The number of nitrogens with zero attached hydrogens (tertiary/aromatic N) is 3. The van der Waals surface area contributed by atoms with Gasteiger partial charge in [-0.05, 0) is 77.8 Å². The lowest BCUT2D eigenvalue weighted by atomic mass is 9.72. The number of rotatable bonds is 7. The summed E-state index contributed by atoms with van der Waals surface area (Å²) in [7, 11) is 1.35. The van der Waals surface area contributed by atoms with Crippen molar-refractivity contribution in [2.45, 2.75) is 33.1 Å². The van der Waals surface area contributed by atoms with E-state index in [2.05, 4.69) is 40.8 Å². The minimum absolute atomic E-state index is 0.199. The molecule has 6 rings (SSSR count). The number of aromatic amines is 1. The average Bonchev–Trinajstić information content (AvgIpc) is 3.46. The second kappa shape index (κ2) is 11.7. The summed E-state index contributed by atoms with van der Waals surface area (Å²) < 4.78 is 10.9. The third-order valence-corrected chi connectivity index (χ3v) is 9.00. The Morgan fingerprint density at radius 3 is 2.63 bits per heavy atom. The van der Waals surface area contributed by atoms with Gasteiger partial charge < -0.3 is 29.2 Å². The molecule has 2 aliphatic rings. The highest BCUT2D eigenvalue weighted by Gasteiger charge is 2.33. The molecular formula is C34H37ClN4O4. The van der Waals surface area contributed by atoms with Crippen LogP contribution < -0.4 is 9.64 Å². The van der Waals surface area contributed by atoms with Gasteiger partial charge in [-0.15, -0.1) is 0 Å². The molecule has 0 amide bonds. The number of hydroxylamine groups is 3. The fourth-order valence-corrected chi connectivity index (χ4v) is 6.36. The van der Waals surface area contributed by atoms with Gasteiger partial charge in [0.15, 0.2) is 0 Å². The molecule has 8 nitrogen and oxygen atoms in total. The van der Waals surface area contributed by atoms with Crippen molar-refractivity contribution in [2.75, 3.05) is 44.7 Å². The van der Waals surface area contributed by atoms with Crippen molar-refractivity contribution in [3.63, 3.8) is 0 Å². The molecule has 1 N–H and O–H groups in total. The fraction of sp³-hybridized carbons (Fsp3) is 0.353. The number of methoxy groups -OCH3 is 1. The molecule has 0 radical (unpaired) electrons. The van der Waals surface area contributed by atoms with E-state index < -0.39 is 5.97 Å². The molecule has 43 heavy (non-hydrogen) atoms. The summed E-state index contributed by atoms with van der Waals surface area (Å²) in [5.74, 6) is 0.423. The van der Waals surface area contributed by atoms with Crippen LogP contribution in [0.1, 0.15) is 49.0 Å². The number of anilines is 1. The first-order chi connectivity index (χ1) is 20.6. The van der Waals surface area contributed by atoms with Gasteiger partial charge >= 0.3 is 5.97 Å². The third-order valence-electron chi connectivity index (χ3n) is 8.75. The topological polar surface area (TPSA) is 90.5 Å². The summed E-state index contributed by atoms with van der Waals surface area (Å²) in [5.41, 5.74) is 5.92. The van der Waals surface area contributed by atoms with Crippen molar-refractivity contribution in [1.82, 2.24) is 9.97 Å². The van der Waals surface area contributed by atoms with Crippen LogP contribution >= 0.6 is 11.6 Å². The highest BCUT2D eigenvalue weighted by Crippen LogP contribution is 2.44. The van der Waals surface area contributed by atoms with Crippen LogP contribution in [-0.4, -0.2) is 60.4 Å². The number of carbonyl (C=O) groups excluding carboxylic acids is 1. The predicted molar refractivity (Wildman–Crippen MR) is 170 cm³/mol. The van der Waals surface area contributed by atoms with Crippen LogP contribution in [-0.2, 0) is 4.74 Å². The van der Waals surface area contributed by atoms with Gasteiger partial charge in [-0.1, -0.05) is 37.6 Å². The number of halogens is 1. The number of H-pyrrole nitrogens is 1. The van der Waals surface area contributed by atoms with Crippen molar-refractivity contribution in [1.29, 1.82) is 0 Å². The molecule has 2 aromatic heterocycles. The molecule has 1 aliphatic heterocycles. The molecule has 0 atom stereocenters. The van der Waals surface area contributed by atoms with Gasteiger partial charge in [0.25, 0.3) is 0 Å². The van der Waals surface area contributed by atoms with Gasteiger partial charge in [-0.3, -0.25) is 0 Å². The number of piperazine rings is 1. The van der Waals surface area contributed by atoms with E-state index in [0.717, 1.165) is 41.0 Å². The summed E-state index contributed by atoms with van der Waals surface area (Å²) >= 11 is 6.17. The highest BCUT2D eigenvalue weighted by atomic mass is 35.5. The summed E-state index contributed by atoms with van der Waals surface area (Å²) in [6.07, 6.45) is 6.41. The molecule has 3 heterocycles. The van der Waals surface area contributed by atoms with E-state index in [1.165, 1.54) is 23.8 Å². The maximum Gasteiger partial charge on any atom is 0.341 e. The van der Waals surface area contributed by atoms with E-state index >= 15 is 0 Å². The molecule has 0 saturated carbocycles. The van der Waals surface area contributed by atoms with E-state index in [9.17, 15) is 10.0 Å². The van der Waals surface area contributed by atoms with E-state index in [0.29, 0.717) is 49.8 Å². The van der Waals surface area contributed by atoms with E-state index in [4.69, 9.17) is 21.1 Å². The van der Waals surface area contributed by atoms with Crippen LogP contribution in [0.3, 0.4) is 0 Å². The second-order valence-corrected chi connectivity index (χ2v) is 12.9. The number of quaternary nitrogens is 1. The monoisotopic (exact) mass is 600 g/mol. The molecule has 0 bridgehead atoms. The first-order valence-corrected chi connectivity index (χ1v) is 15.1. The Labute approximate surface area is 257 Å². The summed E-state index contributed by atoms with van der Waals surface area (Å²) in [5, 5.41) is 15.7. The number of ether oxygens (including phenoxy) is 2. The smallest absolute Gasteiger partial charge is 0.341 e. The van der Waals surface area contributed by atoms with Crippen LogP contribution in [0.25, 0.3) is 16.6 Å². The molecule has 9 heteroatoms. The Bertz CT molecular complexity index is 1670. The maximum absolute atomic E-state index is 14.1. The van der Waals surface area contributed by atoms with Gasteiger partial charge in [-0.2, -0.15) is 0 Å². The van der Waals surface area contributed by atoms with Gasteiger partial charge in [0, 0.05) is 28.4 Å². The predicted octanol–water partition coefficient (Wildman–Crippen LogP) is 7.59. The lowest BCUT2D eigenvalue weighted by molar-refractivity contribution is -0.876. The number of aromatic nitrogens is 2. The number of carbonyl (C=O) groups is 1. The highest BCUT2D eigenvalue weighted by molar-refractivity contribution is 6.30. The zero-order valence-corrected chi connectivity index (χ0v) is 25.6. The van der Waals surface area contributed by atoms with Crippen LogP contribution in [0.15, 0.2) is 72.6 Å².